The van der Waals surface area contributed by atoms with Crippen molar-refractivity contribution in [2.45, 2.75) is 37.8 Å². The highest BCUT2D eigenvalue weighted by Gasteiger charge is 2.39. The van der Waals surface area contributed by atoms with Crippen LogP contribution in [0.4, 0.5) is 4.79 Å². The lowest BCUT2D eigenvalue weighted by molar-refractivity contribution is 0.164. The minimum Gasteiger partial charge on any atom is -0.336 e. The lowest BCUT2D eigenvalue weighted by atomic mass is 10.0. The van der Waals surface area contributed by atoms with Gasteiger partial charge in [0.15, 0.2) is 0 Å². The van der Waals surface area contributed by atoms with E-state index in [1.807, 2.05) is 0 Å². The maximum atomic E-state index is 12.5. The zero-order valence-electron chi connectivity index (χ0n) is 12.3. The first-order valence-electron chi connectivity index (χ1n) is 7.82. The SMILES string of the molecule is O=C1NCC2CN(S(=O)(=O)CCC3CCCCN3)CCN12. The lowest BCUT2D eigenvalue weighted by Crippen LogP contribution is -2.54. The van der Waals surface area contributed by atoms with E-state index in [9.17, 15) is 13.2 Å². The fourth-order valence-corrected chi connectivity index (χ4v) is 5.02. The van der Waals surface area contributed by atoms with Crippen molar-refractivity contribution in [3.63, 3.8) is 0 Å². The Morgan fingerprint density at radius 3 is 2.86 bits per heavy atom. The molecule has 120 valence electrons. The van der Waals surface area contributed by atoms with Crippen LogP contribution in [0, 0.1) is 0 Å². The van der Waals surface area contributed by atoms with Crippen molar-refractivity contribution in [1.82, 2.24) is 19.8 Å². The first-order valence-corrected chi connectivity index (χ1v) is 9.43. The number of urea groups is 1. The Morgan fingerprint density at radius 2 is 2.10 bits per heavy atom. The van der Waals surface area contributed by atoms with Crippen molar-refractivity contribution in [3.8, 4) is 0 Å². The van der Waals surface area contributed by atoms with Gasteiger partial charge in [-0.25, -0.2) is 13.2 Å². The number of fused-ring (bicyclic) bond motifs is 1. The maximum Gasteiger partial charge on any atom is 0.317 e. The number of nitrogens with one attached hydrogen (secondary N) is 2. The van der Waals surface area contributed by atoms with Crippen LogP contribution in [0.3, 0.4) is 0 Å². The summed E-state index contributed by atoms with van der Waals surface area (Å²) in [5.74, 6) is 0.207. The molecule has 0 aromatic carbocycles. The van der Waals surface area contributed by atoms with Crippen molar-refractivity contribution in [2.24, 2.45) is 0 Å². The van der Waals surface area contributed by atoms with Gasteiger partial charge in [-0.1, -0.05) is 6.42 Å². The molecular weight excluding hydrogens is 292 g/mol. The monoisotopic (exact) mass is 316 g/mol. The number of hydrogen-bond donors (Lipinski definition) is 2. The Kier molecular flexibility index (Phi) is 4.37. The van der Waals surface area contributed by atoms with Gasteiger partial charge in [0.1, 0.15) is 0 Å². The smallest absolute Gasteiger partial charge is 0.317 e. The highest BCUT2D eigenvalue weighted by Crippen LogP contribution is 2.18. The average molecular weight is 316 g/mol. The van der Waals surface area contributed by atoms with Gasteiger partial charge in [-0.2, -0.15) is 4.31 Å². The van der Waals surface area contributed by atoms with Crippen LogP contribution in [0.5, 0.6) is 0 Å². The fourth-order valence-electron chi connectivity index (χ4n) is 3.42. The third-order valence-electron chi connectivity index (χ3n) is 4.73. The molecule has 7 nitrogen and oxygen atoms in total. The van der Waals surface area contributed by atoms with Gasteiger partial charge >= 0.3 is 6.03 Å². The Hall–Kier alpha value is -0.860. The highest BCUT2D eigenvalue weighted by molar-refractivity contribution is 7.89. The van der Waals surface area contributed by atoms with E-state index < -0.39 is 10.0 Å². The van der Waals surface area contributed by atoms with Crippen molar-refractivity contribution < 1.29 is 13.2 Å². The van der Waals surface area contributed by atoms with Crippen molar-refractivity contribution in [1.29, 1.82) is 0 Å². The van der Waals surface area contributed by atoms with Gasteiger partial charge in [0.25, 0.3) is 0 Å². The molecule has 2 amide bonds. The molecule has 0 spiro atoms. The van der Waals surface area contributed by atoms with Crippen molar-refractivity contribution >= 4 is 16.1 Å². The molecule has 0 aromatic rings. The van der Waals surface area contributed by atoms with Crippen LogP contribution in [0.25, 0.3) is 0 Å². The number of sulfonamides is 1. The molecule has 3 rings (SSSR count). The summed E-state index contributed by atoms with van der Waals surface area (Å²) >= 11 is 0. The summed E-state index contributed by atoms with van der Waals surface area (Å²) in [6.07, 6.45) is 4.13. The molecule has 3 aliphatic heterocycles. The molecule has 8 heteroatoms. The predicted octanol–water partition coefficient (Wildman–Crippen LogP) is -0.442. The molecule has 21 heavy (non-hydrogen) atoms. The van der Waals surface area contributed by atoms with E-state index in [0.717, 1.165) is 13.0 Å². The average Bonchev–Trinajstić information content (AvgIpc) is 2.87. The second kappa shape index (κ2) is 6.10. The van der Waals surface area contributed by atoms with Crippen LogP contribution in [0.1, 0.15) is 25.7 Å². The summed E-state index contributed by atoms with van der Waals surface area (Å²) in [6.45, 7) is 2.90. The number of piperidine rings is 1. The second-order valence-corrected chi connectivity index (χ2v) is 8.23. The van der Waals surface area contributed by atoms with Gasteiger partial charge in [0, 0.05) is 32.2 Å². The van der Waals surface area contributed by atoms with Crippen LogP contribution in [0.15, 0.2) is 0 Å². The second-order valence-electron chi connectivity index (χ2n) is 6.14. The van der Waals surface area contributed by atoms with E-state index in [0.29, 0.717) is 38.6 Å². The van der Waals surface area contributed by atoms with E-state index >= 15 is 0 Å². The minimum absolute atomic E-state index is 0.00571. The topological polar surface area (TPSA) is 81.8 Å². The van der Waals surface area contributed by atoms with E-state index in [1.165, 1.54) is 12.8 Å². The van der Waals surface area contributed by atoms with Gasteiger partial charge in [0.05, 0.1) is 11.8 Å². The highest BCUT2D eigenvalue weighted by atomic mass is 32.2. The molecule has 2 atom stereocenters. The molecule has 3 heterocycles. The third kappa shape index (κ3) is 3.32. The summed E-state index contributed by atoms with van der Waals surface area (Å²) in [5.41, 5.74) is 0. The van der Waals surface area contributed by atoms with Crippen LogP contribution in [-0.4, -0.2) is 74.2 Å². The normalized spacial score (nSPS) is 31.0. The summed E-state index contributed by atoms with van der Waals surface area (Å²) in [6, 6.07) is 0.266. The van der Waals surface area contributed by atoms with Crippen LogP contribution >= 0.6 is 0 Å². The Labute approximate surface area is 126 Å². The zero-order valence-corrected chi connectivity index (χ0v) is 13.1. The number of rotatable bonds is 4. The van der Waals surface area contributed by atoms with E-state index in [-0.39, 0.29) is 17.8 Å². The zero-order chi connectivity index (χ0) is 14.9. The third-order valence-corrected chi connectivity index (χ3v) is 6.60. The summed E-state index contributed by atoms with van der Waals surface area (Å²) in [7, 11) is -3.21. The van der Waals surface area contributed by atoms with Gasteiger partial charge in [-0.3, -0.25) is 0 Å². The summed E-state index contributed by atoms with van der Waals surface area (Å²) in [5, 5.41) is 6.16. The van der Waals surface area contributed by atoms with E-state index in [4.69, 9.17) is 0 Å². The fraction of sp³-hybridized carbons (Fsp3) is 0.923. The molecule has 0 bridgehead atoms. The van der Waals surface area contributed by atoms with Gasteiger partial charge in [0.2, 0.25) is 10.0 Å². The number of carbonyl (C=O) groups excluding carboxylic acids is 1. The van der Waals surface area contributed by atoms with Gasteiger partial charge in [-0.15, -0.1) is 0 Å². The van der Waals surface area contributed by atoms with Crippen LogP contribution < -0.4 is 10.6 Å². The molecule has 0 aliphatic carbocycles. The number of piperazine rings is 1. The summed E-state index contributed by atoms with van der Waals surface area (Å²) in [4.78, 5) is 13.3. The largest absolute Gasteiger partial charge is 0.336 e. The lowest BCUT2D eigenvalue weighted by Gasteiger charge is -2.36. The van der Waals surface area contributed by atoms with Gasteiger partial charge < -0.3 is 15.5 Å². The minimum atomic E-state index is -3.21. The Morgan fingerprint density at radius 1 is 1.24 bits per heavy atom. The molecule has 3 aliphatic rings. The molecule has 2 unspecified atom stereocenters. The molecule has 0 aromatic heterocycles. The molecule has 3 fully saturated rings. The molecule has 0 radical (unpaired) electrons. The Balaban J connectivity index is 1.54. The van der Waals surface area contributed by atoms with Crippen LogP contribution in [-0.2, 0) is 10.0 Å². The summed E-state index contributed by atoms with van der Waals surface area (Å²) < 4.78 is 26.5. The number of amides is 2. The number of carbonyl (C=O) groups is 1. The number of hydrogen-bond acceptors (Lipinski definition) is 4. The van der Waals surface area contributed by atoms with E-state index in [1.54, 1.807) is 9.21 Å². The van der Waals surface area contributed by atoms with Crippen LogP contribution in [0.2, 0.25) is 0 Å². The molecular formula is C13H24N4O3S. The molecule has 3 saturated heterocycles. The first-order chi connectivity index (χ1) is 10.1. The molecule has 0 saturated carbocycles. The number of nitrogens with zero attached hydrogens (tertiary/aromatic N) is 2. The van der Waals surface area contributed by atoms with E-state index in [2.05, 4.69) is 10.6 Å². The standard InChI is InChI=1S/C13H24N4O3S/c18-13-15-9-12-10-16(6-7-17(12)13)21(19,20)8-4-11-3-1-2-5-14-11/h11-12,14H,1-10H2,(H,15,18). The predicted molar refractivity (Wildman–Crippen MR) is 79.5 cm³/mol. The quantitative estimate of drug-likeness (QED) is 0.736. The van der Waals surface area contributed by atoms with Gasteiger partial charge in [-0.05, 0) is 25.8 Å². The first kappa shape index (κ1) is 15.1. The van der Waals surface area contributed by atoms with Crippen molar-refractivity contribution in [2.75, 3.05) is 38.5 Å². The Bertz CT molecular complexity index is 490. The maximum absolute atomic E-state index is 12.5. The van der Waals surface area contributed by atoms with Crippen molar-refractivity contribution in [3.05, 3.63) is 0 Å². The molecule has 2 N–H and O–H groups in total.